The number of rotatable bonds is 7. The Bertz CT molecular complexity index is 1370. The van der Waals surface area contributed by atoms with Gasteiger partial charge in [0.25, 0.3) is 5.91 Å². The molecule has 1 aromatic heterocycles. The zero-order valence-electron chi connectivity index (χ0n) is 21.2. The van der Waals surface area contributed by atoms with E-state index in [4.69, 9.17) is 9.73 Å². The monoisotopic (exact) mass is 508 g/mol. The second kappa shape index (κ2) is 12.0. The fraction of sp³-hybridized carbons (Fsp3) is 0.250. The van der Waals surface area contributed by atoms with E-state index in [1.165, 1.54) is 28.8 Å². The summed E-state index contributed by atoms with van der Waals surface area (Å²) in [5.74, 6) is 0.692. The zero-order chi connectivity index (χ0) is 25.5. The molecule has 0 aliphatic heterocycles. The number of anilines is 1. The van der Waals surface area contributed by atoms with Gasteiger partial charge in [0.05, 0.1) is 5.56 Å². The Morgan fingerprint density at radius 2 is 1.65 bits per heavy atom. The van der Waals surface area contributed by atoms with Gasteiger partial charge < -0.3 is 10.1 Å². The number of aryl methyl sites for hydroxylation is 2. The Hall–Kier alpha value is -3.70. The molecule has 1 amide bonds. The third-order valence-electron chi connectivity index (χ3n) is 6.67. The number of ether oxygens (including phenoxy) is 1. The Morgan fingerprint density at radius 1 is 0.919 bits per heavy atom. The van der Waals surface area contributed by atoms with Gasteiger partial charge in [0, 0.05) is 22.3 Å². The molecule has 1 aliphatic rings. The molecule has 0 unspecified atom stereocenters. The Labute approximate surface area is 223 Å². The number of carbonyl (C=O) groups is 1. The minimum Gasteiger partial charge on any atom is -0.488 e. The van der Waals surface area contributed by atoms with Gasteiger partial charge in [-0.3, -0.25) is 4.79 Å². The minimum absolute atomic E-state index is 0.0830. The molecule has 0 radical (unpaired) electrons. The number of aliphatic imine (C=N–C) groups is 1. The fourth-order valence-corrected chi connectivity index (χ4v) is 5.87. The van der Waals surface area contributed by atoms with Crippen LogP contribution in [0.4, 0.5) is 10.7 Å². The number of hydrogen-bond acceptors (Lipinski definition) is 4. The molecule has 1 heterocycles. The normalized spacial score (nSPS) is 13.5. The molecule has 1 N–H and O–H groups in total. The molecule has 4 aromatic rings. The molecule has 0 spiro atoms. The molecule has 0 saturated heterocycles. The maximum absolute atomic E-state index is 13.5. The van der Waals surface area contributed by atoms with Crippen molar-refractivity contribution in [1.82, 2.24) is 0 Å². The predicted octanol–water partition coefficient (Wildman–Crippen LogP) is 8.30. The van der Waals surface area contributed by atoms with Crippen molar-refractivity contribution in [1.29, 1.82) is 0 Å². The second-order valence-corrected chi connectivity index (χ2v) is 10.6. The molecule has 3 aromatic carbocycles. The number of nitrogens with zero attached hydrogens (tertiary/aromatic N) is 1. The average molecular weight is 509 g/mol. The highest BCUT2D eigenvalue weighted by Gasteiger charge is 2.24. The summed E-state index contributed by atoms with van der Waals surface area (Å²) in [6.07, 6.45) is 8.49. The summed E-state index contributed by atoms with van der Waals surface area (Å²) in [7, 11) is 0. The lowest BCUT2D eigenvalue weighted by Crippen LogP contribution is -2.14. The van der Waals surface area contributed by atoms with Gasteiger partial charge in [-0.2, -0.15) is 0 Å². The van der Waals surface area contributed by atoms with Gasteiger partial charge in [0.1, 0.15) is 17.4 Å². The van der Waals surface area contributed by atoms with Crippen LogP contribution in [0.2, 0.25) is 0 Å². The SMILES string of the molecule is Cc1ccc(COc2ccccc2C=Nc2sc3c(c2C(=O)Nc2ccccc2)CCCCCC3)cc1. The van der Waals surface area contributed by atoms with Gasteiger partial charge in [-0.1, -0.05) is 73.0 Å². The van der Waals surface area contributed by atoms with E-state index < -0.39 is 0 Å². The molecule has 0 atom stereocenters. The van der Waals surface area contributed by atoms with Crippen LogP contribution in [-0.2, 0) is 19.4 Å². The summed E-state index contributed by atoms with van der Waals surface area (Å²) >= 11 is 1.66. The smallest absolute Gasteiger partial charge is 0.259 e. The van der Waals surface area contributed by atoms with Crippen molar-refractivity contribution in [2.45, 2.75) is 52.1 Å². The third-order valence-corrected chi connectivity index (χ3v) is 7.87. The number of amides is 1. The number of nitrogens with one attached hydrogen (secondary N) is 1. The molecule has 188 valence electrons. The number of thiophene rings is 1. The van der Waals surface area contributed by atoms with Crippen LogP contribution in [0.5, 0.6) is 5.75 Å². The second-order valence-electron chi connectivity index (χ2n) is 9.49. The summed E-state index contributed by atoms with van der Waals surface area (Å²) < 4.78 is 6.16. The fourth-order valence-electron chi connectivity index (χ4n) is 4.64. The average Bonchev–Trinajstić information content (AvgIpc) is 3.24. The highest BCUT2D eigenvalue weighted by molar-refractivity contribution is 7.16. The van der Waals surface area contributed by atoms with Gasteiger partial charge in [-0.05, 0) is 68.0 Å². The van der Waals surface area contributed by atoms with Gasteiger partial charge in [0.2, 0.25) is 0 Å². The molecule has 37 heavy (non-hydrogen) atoms. The number of carbonyl (C=O) groups excluding carboxylic acids is 1. The van der Waals surface area contributed by atoms with E-state index in [0.29, 0.717) is 6.61 Å². The molecule has 0 fully saturated rings. The first kappa shape index (κ1) is 25.0. The standard InChI is InChI=1S/C32H32N2O2S/c1-23-17-19-24(20-18-23)22-36-28-15-10-9-11-25(28)21-33-32-30(31(35)34-26-12-5-4-6-13-26)27-14-7-2-3-8-16-29(27)37-32/h4-6,9-13,15,17-21H,2-3,7-8,14,16,22H2,1H3,(H,34,35). The number of hydrogen-bond donors (Lipinski definition) is 1. The molecular formula is C32H32N2O2S. The topological polar surface area (TPSA) is 50.7 Å². The Morgan fingerprint density at radius 3 is 2.46 bits per heavy atom. The summed E-state index contributed by atoms with van der Waals surface area (Å²) in [5, 5.41) is 3.86. The van der Waals surface area contributed by atoms with E-state index in [1.54, 1.807) is 11.3 Å². The first-order valence-electron chi connectivity index (χ1n) is 13.0. The largest absolute Gasteiger partial charge is 0.488 e. The number of benzene rings is 3. The van der Waals surface area contributed by atoms with E-state index in [0.717, 1.165) is 58.8 Å². The van der Waals surface area contributed by atoms with Crippen LogP contribution in [0.15, 0.2) is 83.9 Å². The molecule has 0 saturated carbocycles. The van der Waals surface area contributed by atoms with E-state index in [1.807, 2.05) is 60.8 Å². The molecule has 1 aliphatic carbocycles. The lowest BCUT2D eigenvalue weighted by molar-refractivity contribution is 0.102. The van der Waals surface area contributed by atoms with Crippen LogP contribution in [0.1, 0.15) is 63.2 Å². The summed E-state index contributed by atoms with van der Waals surface area (Å²) in [5.41, 5.74) is 5.94. The Balaban J connectivity index is 1.43. The summed E-state index contributed by atoms with van der Waals surface area (Å²) in [6, 6.07) is 25.9. The van der Waals surface area contributed by atoms with Crippen LogP contribution < -0.4 is 10.1 Å². The summed E-state index contributed by atoms with van der Waals surface area (Å²) in [6.45, 7) is 2.57. The maximum atomic E-state index is 13.5. The van der Waals surface area contributed by atoms with Crippen molar-refractivity contribution in [3.8, 4) is 5.75 Å². The highest BCUT2D eigenvalue weighted by atomic mass is 32.1. The first-order valence-corrected chi connectivity index (χ1v) is 13.8. The van der Waals surface area contributed by atoms with Gasteiger partial charge in [-0.25, -0.2) is 4.99 Å². The molecule has 5 heteroatoms. The predicted molar refractivity (Wildman–Crippen MR) is 154 cm³/mol. The lowest BCUT2D eigenvalue weighted by atomic mass is 9.96. The number of fused-ring (bicyclic) bond motifs is 1. The first-order chi connectivity index (χ1) is 18.2. The van der Waals surface area contributed by atoms with E-state index in [9.17, 15) is 4.79 Å². The quantitative estimate of drug-likeness (QED) is 0.255. The van der Waals surface area contributed by atoms with Crippen molar-refractivity contribution in [2.75, 3.05) is 5.32 Å². The van der Waals surface area contributed by atoms with Crippen molar-refractivity contribution >= 4 is 34.1 Å². The van der Waals surface area contributed by atoms with Gasteiger partial charge >= 0.3 is 0 Å². The van der Waals surface area contributed by atoms with E-state index in [-0.39, 0.29) is 5.91 Å². The molecular weight excluding hydrogens is 476 g/mol. The van der Waals surface area contributed by atoms with Gasteiger partial charge in [-0.15, -0.1) is 11.3 Å². The van der Waals surface area contributed by atoms with Crippen molar-refractivity contribution in [2.24, 2.45) is 4.99 Å². The molecule has 5 rings (SSSR count). The van der Waals surface area contributed by atoms with Crippen LogP contribution >= 0.6 is 11.3 Å². The van der Waals surface area contributed by atoms with Crippen LogP contribution in [0, 0.1) is 6.92 Å². The van der Waals surface area contributed by atoms with Crippen molar-refractivity contribution < 1.29 is 9.53 Å². The van der Waals surface area contributed by atoms with Crippen molar-refractivity contribution in [3.05, 3.63) is 112 Å². The van der Waals surface area contributed by atoms with Crippen LogP contribution in [0.3, 0.4) is 0 Å². The van der Waals surface area contributed by atoms with E-state index in [2.05, 4.69) is 36.5 Å². The minimum atomic E-state index is -0.0830. The van der Waals surface area contributed by atoms with Crippen molar-refractivity contribution in [3.63, 3.8) is 0 Å². The molecule has 0 bridgehead atoms. The highest BCUT2D eigenvalue weighted by Crippen LogP contribution is 2.39. The zero-order valence-corrected chi connectivity index (χ0v) is 22.0. The molecule has 4 nitrogen and oxygen atoms in total. The summed E-state index contributed by atoms with van der Waals surface area (Å²) in [4.78, 5) is 19.7. The lowest BCUT2D eigenvalue weighted by Gasteiger charge is -2.12. The van der Waals surface area contributed by atoms with Crippen LogP contribution in [-0.4, -0.2) is 12.1 Å². The Kier molecular flexibility index (Phi) is 8.11. The number of para-hydroxylation sites is 2. The third kappa shape index (κ3) is 6.36. The van der Waals surface area contributed by atoms with Crippen LogP contribution in [0.25, 0.3) is 0 Å². The van der Waals surface area contributed by atoms with Gasteiger partial charge in [0.15, 0.2) is 0 Å². The van der Waals surface area contributed by atoms with E-state index >= 15 is 0 Å². The maximum Gasteiger partial charge on any atom is 0.259 e.